The number of nitrogens with two attached hydrogens (primary N) is 1. The monoisotopic (exact) mass is 245 g/mol. The van der Waals surface area contributed by atoms with E-state index in [4.69, 9.17) is 5.73 Å². The van der Waals surface area contributed by atoms with E-state index in [0.29, 0.717) is 5.41 Å². The van der Waals surface area contributed by atoms with Gasteiger partial charge in [0.2, 0.25) is 0 Å². The molecule has 0 aliphatic heterocycles. The second-order valence-corrected chi connectivity index (χ2v) is 5.57. The van der Waals surface area contributed by atoms with E-state index in [0.717, 1.165) is 0 Å². The fourth-order valence-electron chi connectivity index (χ4n) is 1.35. The summed E-state index contributed by atoms with van der Waals surface area (Å²) in [6, 6.07) is 2.30. The third-order valence-electron chi connectivity index (χ3n) is 2.72. The quantitative estimate of drug-likeness (QED) is 0.851. The van der Waals surface area contributed by atoms with E-state index in [1.165, 1.54) is 22.2 Å². The summed E-state index contributed by atoms with van der Waals surface area (Å²) in [5, 5.41) is 2.09. The molecule has 0 bridgehead atoms. The molecule has 12 heavy (non-hydrogen) atoms. The summed E-state index contributed by atoms with van der Waals surface area (Å²) in [5.41, 5.74) is 6.54. The SMILES string of the molecule is CC1(C(N)c2sccc2Br)CC1. The minimum absolute atomic E-state index is 0.229. The Morgan fingerprint density at radius 1 is 1.67 bits per heavy atom. The van der Waals surface area contributed by atoms with E-state index in [1.54, 1.807) is 11.3 Å². The Morgan fingerprint density at radius 3 is 2.75 bits per heavy atom. The number of hydrogen-bond acceptors (Lipinski definition) is 2. The largest absolute Gasteiger partial charge is 0.323 e. The smallest absolute Gasteiger partial charge is 0.0455 e. The molecule has 0 spiro atoms. The molecule has 1 nitrogen and oxygen atoms in total. The van der Waals surface area contributed by atoms with Gasteiger partial charge in [0.25, 0.3) is 0 Å². The van der Waals surface area contributed by atoms with Crippen molar-refractivity contribution < 1.29 is 0 Å². The molecule has 0 aromatic carbocycles. The van der Waals surface area contributed by atoms with Gasteiger partial charge < -0.3 is 5.73 Å². The van der Waals surface area contributed by atoms with Crippen LogP contribution in [0.1, 0.15) is 30.7 Å². The van der Waals surface area contributed by atoms with Gasteiger partial charge in [-0.25, -0.2) is 0 Å². The summed E-state index contributed by atoms with van der Waals surface area (Å²) in [7, 11) is 0. The molecule has 1 aliphatic carbocycles. The Labute approximate surface area is 85.1 Å². The zero-order chi connectivity index (χ0) is 8.77. The number of rotatable bonds is 2. The van der Waals surface area contributed by atoms with Crippen molar-refractivity contribution in [1.82, 2.24) is 0 Å². The first kappa shape index (κ1) is 8.73. The van der Waals surface area contributed by atoms with Gasteiger partial charge in [-0.15, -0.1) is 11.3 Å². The molecule has 1 unspecified atom stereocenters. The van der Waals surface area contributed by atoms with Gasteiger partial charge in [-0.2, -0.15) is 0 Å². The van der Waals surface area contributed by atoms with Crippen molar-refractivity contribution in [3.8, 4) is 0 Å². The lowest BCUT2D eigenvalue weighted by atomic mass is 9.99. The van der Waals surface area contributed by atoms with Crippen LogP contribution in [0.2, 0.25) is 0 Å². The average Bonchev–Trinajstić information content (AvgIpc) is 2.63. The lowest BCUT2D eigenvalue weighted by molar-refractivity contribution is 0.456. The second kappa shape index (κ2) is 2.82. The summed E-state index contributed by atoms with van der Waals surface area (Å²) in [6.07, 6.45) is 2.55. The fourth-order valence-corrected chi connectivity index (χ4v) is 3.15. The first-order valence-corrected chi connectivity index (χ1v) is 5.79. The van der Waals surface area contributed by atoms with Gasteiger partial charge in [0, 0.05) is 15.4 Å². The van der Waals surface area contributed by atoms with Crippen molar-refractivity contribution >= 4 is 27.3 Å². The van der Waals surface area contributed by atoms with Crippen molar-refractivity contribution in [1.29, 1.82) is 0 Å². The Bertz CT molecular complexity index is 290. The first-order chi connectivity index (χ1) is 5.63. The minimum Gasteiger partial charge on any atom is -0.323 e. The highest BCUT2D eigenvalue weighted by molar-refractivity contribution is 9.10. The standard InChI is InChI=1S/C9H12BrNS/c1-9(3-4-9)8(11)7-6(10)2-5-12-7/h2,5,8H,3-4,11H2,1H3. The van der Waals surface area contributed by atoms with Crippen LogP contribution in [0.3, 0.4) is 0 Å². The number of hydrogen-bond donors (Lipinski definition) is 1. The second-order valence-electron chi connectivity index (χ2n) is 3.76. The molecule has 1 fully saturated rings. The van der Waals surface area contributed by atoms with E-state index in [-0.39, 0.29) is 6.04 Å². The zero-order valence-electron chi connectivity index (χ0n) is 7.01. The van der Waals surface area contributed by atoms with Crippen LogP contribution in [-0.4, -0.2) is 0 Å². The molecule has 2 rings (SSSR count). The maximum absolute atomic E-state index is 6.16. The fraction of sp³-hybridized carbons (Fsp3) is 0.556. The van der Waals surface area contributed by atoms with Gasteiger partial charge in [-0.1, -0.05) is 6.92 Å². The highest BCUT2D eigenvalue weighted by Gasteiger charge is 2.44. The van der Waals surface area contributed by atoms with Crippen molar-refractivity contribution in [3.05, 3.63) is 20.8 Å². The molecule has 1 atom stereocenters. The molecular weight excluding hydrogens is 234 g/mol. The molecule has 1 aromatic rings. The van der Waals surface area contributed by atoms with Gasteiger partial charge in [-0.05, 0) is 45.6 Å². The summed E-state index contributed by atoms with van der Waals surface area (Å²) in [6.45, 7) is 2.27. The van der Waals surface area contributed by atoms with Crippen LogP contribution in [0.15, 0.2) is 15.9 Å². The maximum atomic E-state index is 6.16. The third-order valence-corrected chi connectivity index (χ3v) is 4.67. The predicted octanol–water partition coefficient (Wildman–Crippen LogP) is 3.31. The van der Waals surface area contributed by atoms with Gasteiger partial charge in [0.15, 0.2) is 0 Å². The maximum Gasteiger partial charge on any atom is 0.0455 e. The number of halogens is 1. The Hall–Kier alpha value is 0.140. The molecule has 3 heteroatoms. The van der Waals surface area contributed by atoms with Crippen LogP contribution >= 0.6 is 27.3 Å². The van der Waals surface area contributed by atoms with Crippen LogP contribution in [0.5, 0.6) is 0 Å². The van der Waals surface area contributed by atoms with Gasteiger partial charge in [0.05, 0.1) is 0 Å². The summed E-state index contributed by atoms with van der Waals surface area (Å²) < 4.78 is 1.17. The summed E-state index contributed by atoms with van der Waals surface area (Å²) in [4.78, 5) is 1.30. The van der Waals surface area contributed by atoms with E-state index >= 15 is 0 Å². The predicted molar refractivity (Wildman–Crippen MR) is 56.3 cm³/mol. The van der Waals surface area contributed by atoms with Gasteiger partial charge in [0.1, 0.15) is 0 Å². The third kappa shape index (κ3) is 1.34. The van der Waals surface area contributed by atoms with E-state index in [1.807, 2.05) is 0 Å². The van der Waals surface area contributed by atoms with Gasteiger partial charge in [-0.3, -0.25) is 0 Å². The molecule has 1 saturated carbocycles. The Kier molecular flexibility index (Phi) is 2.05. The van der Waals surface area contributed by atoms with E-state index in [2.05, 4.69) is 34.3 Å². The molecule has 0 radical (unpaired) electrons. The lowest BCUT2D eigenvalue weighted by Gasteiger charge is -2.17. The van der Waals surface area contributed by atoms with Crippen molar-refractivity contribution in [2.24, 2.45) is 11.1 Å². The summed E-state index contributed by atoms with van der Waals surface area (Å²) in [5.74, 6) is 0. The first-order valence-electron chi connectivity index (χ1n) is 4.12. The highest BCUT2D eigenvalue weighted by atomic mass is 79.9. The Balaban J connectivity index is 2.25. The normalized spacial score (nSPS) is 22.2. The van der Waals surface area contributed by atoms with Crippen LogP contribution in [0.25, 0.3) is 0 Å². The Morgan fingerprint density at radius 2 is 2.33 bits per heavy atom. The molecular formula is C9H12BrNS. The van der Waals surface area contributed by atoms with E-state index < -0.39 is 0 Å². The van der Waals surface area contributed by atoms with Crippen LogP contribution in [0.4, 0.5) is 0 Å². The molecule has 0 amide bonds. The molecule has 1 aliphatic rings. The molecule has 0 saturated heterocycles. The topological polar surface area (TPSA) is 26.0 Å². The molecule has 66 valence electrons. The van der Waals surface area contributed by atoms with Crippen molar-refractivity contribution in [2.45, 2.75) is 25.8 Å². The van der Waals surface area contributed by atoms with Crippen LogP contribution in [0, 0.1) is 5.41 Å². The molecule has 1 heterocycles. The zero-order valence-corrected chi connectivity index (χ0v) is 9.41. The van der Waals surface area contributed by atoms with E-state index in [9.17, 15) is 0 Å². The molecule has 1 aromatic heterocycles. The van der Waals surface area contributed by atoms with Crippen molar-refractivity contribution in [3.63, 3.8) is 0 Å². The average molecular weight is 246 g/mol. The van der Waals surface area contributed by atoms with Crippen LogP contribution < -0.4 is 5.73 Å². The summed E-state index contributed by atoms with van der Waals surface area (Å²) >= 11 is 5.27. The van der Waals surface area contributed by atoms with Crippen LogP contribution in [-0.2, 0) is 0 Å². The van der Waals surface area contributed by atoms with Crippen molar-refractivity contribution in [2.75, 3.05) is 0 Å². The minimum atomic E-state index is 0.229. The van der Waals surface area contributed by atoms with Gasteiger partial charge >= 0.3 is 0 Å². The number of thiophene rings is 1. The highest BCUT2D eigenvalue weighted by Crippen LogP contribution is 2.54. The molecule has 2 N–H and O–H groups in total. The lowest BCUT2D eigenvalue weighted by Crippen LogP contribution is -2.19.